The molecule has 3 aromatic rings. The Balaban J connectivity index is 1.59. The fourth-order valence-electron chi connectivity index (χ4n) is 1.96. The van der Waals surface area contributed by atoms with Crippen molar-refractivity contribution >= 4 is 11.8 Å². The Labute approximate surface area is 128 Å². The third kappa shape index (κ3) is 3.70. The summed E-state index contributed by atoms with van der Waals surface area (Å²) in [5, 5.41) is 8.04. The fraction of sp³-hybridized carbons (Fsp3) is 0.188. The van der Waals surface area contributed by atoms with Crippen LogP contribution in [0.1, 0.15) is 11.1 Å². The van der Waals surface area contributed by atoms with Crippen molar-refractivity contribution < 1.29 is 0 Å². The van der Waals surface area contributed by atoms with E-state index in [0.29, 0.717) is 0 Å². The first-order chi connectivity index (χ1) is 10.3. The summed E-state index contributed by atoms with van der Waals surface area (Å²) in [7, 11) is 0. The third-order valence-electron chi connectivity index (χ3n) is 3.13. The van der Waals surface area contributed by atoms with Crippen LogP contribution in [0.3, 0.4) is 0 Å². The molecule has 0 atom stereocenters. The maximum atomic E-state index is 4.52. The van der Waals surface area contributed by atoms with Gasteiger partial charge in [0.05, 0.1) is 0 Å². The highest BCUT2D eigenvalue weighted by molar-refractivity contribution is 7.99. The Bertz CT molecular complexity index is 692. The minimum absolute atomic E-state index is 0.787. The van der Waals surface area contributed by atoms with Crippen LogP contribution in [0.25, 0.3) is 11.4 Å². The standard InChI is InChI=1S/C16H16N4S/c1-12-4-6-14(7-5-12)15-18-16(20-19-15)21-10-8-13-3-2-9-17-11-13/h2-7,9,11H,8,10H2,1H3,(H,18,19,20). The van der Waals surface area contributed by atoms with Gasteiger partial charge in [0.2, 0.25) is 5.16 Å². The molecule has 0 fully saturated rings. The van der Waals surface area contributed by atoms with Crippen LogP contribution in [-0.4, -0.2) is 25.9 Å². The molecule has 0 spiro atoms. The number of aromatic nitrogens is 4. The maximum absolute atomic E-state index is 4.52. The van der Waals surface area contributed by atoms with Crippen LogP contribution in [0.5, 0.6) is 0 Å². The molecule has 1 N–H and O–H groups in total. The van der Waals surface area contributed by atoms with E-state index in [0.717, 1.165) is 28.7 Å². The number of aromatic amines is 1. The predicted octanol–water partition coefficient (Wildman–Crippen LogP) is 3.51. The minimum Gasteiger partial charge on any atom is -0.264 e. The molecular weight excluding hydrogens is 280 g/mol. The number of pyridine rings is 1. The van der Waals surface area contributed by atoms with E-state index in [4.69, 9.17) is 0 Å². The normalized spacial score (nSPS) is 10.7. The Morgan fingerprint density at radius 3 is 2.76 bits per heavy atom. The average Bonchev–Trinajstić information content (AvgIpc) is 2.98. The van der Waals surface area contributed by atoms with Gasteiger partial charge in [-0.1, -0.05) is 47.7 Å². The zero-order valence-corrected chi connectivity index (χ0v) is 12.6. The van der Waals surface area contributed by atoms with Gasteiger partial charge in [-0.3, -0.25) is 10.1 Å². The van der Waals surface area contributed by atoms with Gasteiger partial charge in [-0.05, 0) is 25.0 Å². The highest BCUT2D eigenvalue weighted by atomic mass is 32.2. The molecule has 0 saturated heterocycles. The lowest BCUT2D eigenvalue weighted by atomic mass is 10.1. The lowest BCUT2D eigenvalue weighted by Gasteiger charge is -1.98. The molecule has 0 aliphatic carbocycles. The molecule has 3 rings (SSSR count). The molecule has 0 unspecified atom stereocenters. The molecule has 2 aromatic heterocycles. The second-order valence-electron chi connectivity index (χ2n) is 4.79. The number of hydrogen-bond donors (Lipinski definition) is 1. The van der Waals surface area contributed by atoms with Gasteiger partial charge >= 0.3 is 0 Å². The van der Waals surface area contributed by atoms with Crippen LogP contribution in [0.2, 0.25) is 0 Å². The van der Waals surface area contributed by atoms with Crippen LogP contribution in [-0.2, 0) is 6.42 Å². The van der Waals surface area contributed by atoms with Gasteiger partial charge in [-0.25, -0.2) is 4.98 Å². The molecule has 21 heavy (non-hydrogen) atoms. The molecule has 106 valence electrons. The van der Waals surface area contributed by atoms with Crippen molar-refractivity contribution in [3.8, 4) is 11.4 Å². The summed E-state index contributed by atoms with van der Waals surface area (Å²) in [4.78, 5) is 8.64. The minimum atomic E-state index is 0.787. The number of thioether (sulfide) groups is 1. The smallest absolute Gasteiger partial charge is 0.208 e. The van der Waals surface area contributed by atoms with Crippen LogP contribution in [0, 0.1) is 6.92 Å². The Morgan fingerprint density at radius 2 is 2.00 bits per heavy atom. The monoisotopic (exact) mass is 296 g/mol. The number of nitrogens with zero attached hydrogens (tertiary/aromatic N) is 3. The molecule has 0 aliphatic heterocycles. The molecule has 4 nitrogen and oxygen atoms in total. The molecule has 1 aromatic carbocycles. The van der Waals surface area contributed by atoms with Crippen molar-refractivity contribution in [2.75, 3.05) is 5.75 Å². The molecular formula is C16H16N4S. The zero-order valence-electron chi connectivity index (χ0n) is 11.8. The summed E-state index contributed by atoms with van der Waals surface area (Å²) in [6.07, 6.45) is 4.66. The van der Waals surface area contributed by atoms with Gasteiger partial charge in [-0.2, -0.15) is 0 Å². The molecule has 0 amide bonds. The summed E-state index contributed by atoms with van der Waals surface area (Å²) in [5.41, 5.74) is 3.54. The maximum Gasteiger partial charge on any atom is 0.208 e. The summed E-state index contributed by atoms with van der Waals surface area (Å²) in [6, 6.07) is 12.3. The molecule has 0 aliphatic rings. The topological polar surface area (TPSA) is 54.5 Å². The van der Waals surface area contributed by atoms with Gasteiger partial charge in [-0.15, -0.1) is 5.10 Å². The Kier molecular flexibility index (Phi) is 4.31. The Morgan fingerprint density at radius 1 is 1.14 bits per heavy atom. The van der Waals surface area contributed by atoms with Crippen molar-refractivity contribution in [1.29, 1.82) is 0 Å². The van der Waals surface area contributed by atoms with Crippen LogP contribution >= 0.6 is 11.8 Å². The number of benzene rings is 1. The van der Waals surface area contributed by atoms with E-state index < -0.39 is 0 Å². The summed E-state index contributed by atoms with van der Waals surface area (Å²) < 4.78 is 0. The lowest BCUT2D eigenvalue weighted by molar-refractivity contribution is 0.970. The van der Waals surface area contributed by atoms with Gasteiger partial charge in [0.15, 0.2) is 5.82 Å². The van der Waals surface area contributed by atoms with E-state index in [1.54, 1.807) is 18.0 Å². The first-order valence-corrected chi connectivity index (χ1v) is 7.81. The van der Waals surface area contributed by atoms with E-state index in [1.807, 2.05) is 12.3 Å². The number of nitrogens with one attached hydrogen (secondary N) is 1. The first-order valence-electron chi connectivity index (χ1n) is 6.82. The Hall–Kier alpha value is -2.14. The lowest BCUT2D eigenvalue weighted by Crippen LogP contribution is -1.89. The van der Waals surface area contributed by atoms with E-state index in [-0.39, 0.29) is 0 Å². The van der Waals surface area contributed by atoms with Crippen molar-refractivity contribution in [3.05, 3.63) is 59.9 Å². The number of H-pyrrole nitrogens is 1. The van der Waals surface area contributed by atoms with E-state index in [9.17, 15) is 0 Å². The third-order valence-corrected chi connectivity index (χ3v) is 3.98. The van der Waals surface area contributed by atoms with Gasteiger partial charge in [0.25, 0.3) is 0 Å². The van der Waals surface area contributed by atoms with Crippen molar-refractivity contribution in [2.24, 2.45) is 0 Å². The highest BCUT2D eigenvalue weighted by Crippen LogP contribution is 2.20. The molecule has 0 bridgehead atoms. The average molecular weight is 296 g/mol. The van der Waals surface area contributed by atoms with E-state index >= 15 is 0 Å². The zero-order chi connectivity index (χ0) is 14.5. The largest absolute Gasteiger partial charge is 0.264 e. The van der Waals surface area contributed by atoms with Gasteiger partial charge < -0.3 is 0 Å². The molecule has 0 radical (unpaired) electrons. The number of hydrogen-bond acceptors (Lipinski definition) is 4. The van der Waals surface area contributed by atoms with Crippen molar-refractivity contribution in [2.45, 2.75) is 18.5 Å². The van der Waals surface area contributed by atoms with Crippen molar-refractivity contribution in [3.63, 3.8) is 0 Å². The number of rotatable bonds is 5. The second-order valence-corrected chi connectivity index (χ2v) is 5.85. The molecule has 0 saturated carbocycles. The van der Waals surface area contributed by atoms with Crippen LogP contribution < -0.4 is 0 Å². The quantitative estimate of drug-likeness (QED) is 0.732. The second kappa shape index (κ2) is 6.54. The van der Waals surface area contributed by atoms with Crippen LogP contribution in [0.4, 0.5) is 0 Å². The summed E-state index contributed by atoms with van der Waals surface area (Å²) >= 11 is 1.65. The van der Waals surface area contributed by atoms with E-state index in [2.05, 4.69) is 57.4 Å². The summed E-state index contributed by atoms with van der Waals surface area (Å²) in [6.45, 7) is 2.07. The van der Waals surface area contributed by atoms with Gasteiger partial charge in [0.1, 0.15) is 0 Å². The first kappa shape index (κ1) is 13.8. The number of aryl methyl sites for hydroxylation is 2. The van der Waals surface area contributed by atoms with E-state index in [1.165, 1.54) is 11.1 Å². The van der Waals surface area contributed by atoms with Gasteiger partial charge in [0, 0.05) is 23.7 Å². The summed E-state index contributed by atoms with van der Waals surface area (Å²) in [5.74, 6) is 1.76. The van der Waals surface area contributed by atoms with Crippen LogP contribution in [0.15, 0.2) is 53.9 Å². The SMILES string of the molecule is Cc1ccc(-c2nc(SCCc3cccnc3)n[nH]2)cc1. The molecule has 5 heteroatoms. The highest BCUT2D eigenvalue weighted by Gasteiger charge is 2.06. The molecule has 2 heterocycles. The fourth-order valence-corrected chi connectivity index (χ4v) is 2.74. The predicted molar refractivity (Wildman–Crippen MR) is 85.2 cm³/mol. The van der Waals surface area contributed by atoms with Crippen molar-refractivity contribution in [1.82, 2.24) is 20.2 Å².